The number of fused-ring (bicyclic) bond motifs is 5. The van der Waals surface area contributed by atoms with E-state index in [0.29, 0.717) is 12.6 Å². The second-order valence-electron chi connectivity index (χ2n) is 25.7. The molecule has 12 aromatic carbocycles. The normalized spacial score (nSPS) is 12.8. The molecule has 0 radical (unpaired) electrons. The number of aromatic nitrogens is 4. The molecule has 0 fully saturated rings. The van der Waals surface area contributed by atoms with E-state index in [2.05, 4.69) is 358 Å². The molecule has 502 valence electrons. The lowest BCUT2D eigenvalue weighted by molar-refractivity contribution is 0.759. The summed E-state index contributed by atoms with van der Waals surface area (Å²) < 4.78 is 4.51. The quantitative estimate of drug-likeness (QED) is 0.0772. The first kappa shape index (κ1) is 66.6. The van der Waals surface area contributed by atoms with Crippen molar-refractivity contribution < 1.29 is 0 Å². The number of benzene rings is 12. The lowest BCUT2D eigenvalue weighted by Crippen LogP contribution is -2.31. The molecule has 0 aliphatic carbocycles. The van der Waals surface area contributed by atoms with E-state index in [1.807, 2.05) is 54.6 Å². The molecule has 15 rings (SSSR count). The van der Waals surface area contributed by atoms with Crippen LogP contribution in [0.4, 0.5) is 17.1 Å². The first-order valence-corrected chi connectivity index (χ1v) is 35.3. The van der Waals surface area contributed by atoms with Gasteiger partial charge in [-0.25, -0.2) is 9.97 Å². The first-order valence-electron chi connectivity index (χ1n) is 35.3. The van der Waals surface area contributed by atoms with Crippen LogP contribution in [-0.4, -0.2) is 38.6 Å². The third kappa shape index (κ3) is 12.8. The Kier molecular flexibility index (Phi) is 19.1. The Hall–Kier alpha value is -13.3. The summed E-state index contributed by atoms with van der Waals surface area (Å²) in [4.78, 5) is 22.8. The van der Waals surface area contributed by atoms with Gasteiger partial charge in [0.1, 0.15) is 6.67 Å². The molecule has 0 saturated carbocycles. The van der Waals surface area contributed by atoms with Gasteiger partial charge in [-0.05, 0) is 168 Å². The summed E-state index contributed by atoms with van der Waals surface area (Å²) in [7, 11) is 2.18. The number of rotatable bonds is 20. The zero-order chi connectivity index (χ0) is 71.0. The molecule has 0 amide bonds. The van der Waals surface area contributed by atoms with Crippen LogP contribution in [-0.2, 0) is 6.67 Å². The van der Waals surface area contributed by atoms with Crippen LogP contribution >= 0.6 is 0 Å². The van der Waals surface area contributed by atoms with Crippen LogP contribution in [0.2, 0.25) is 0 Å². The fraction of sp³-hybridized carbons (Fsp3) is 0.0625. The largest absolute Gasteiger partial charge is 0.361 e. The van der Waals surface area contributed by atoms with Crippen molar-refractivity contribution in [2.45, 2.75) is 34.4 Å². The van der Waals surface area contributed by atoms with Gasteiger partial charge in [-0.2, -0.15) is 0 Å². The summed E-state index contributed by atoms with van der Waals surface area (Å²) in [6.07, 6.45) is 15.3. The van der Waals surface area contributed by atoms with Crippen molar-refractivity contribution in [3.8, 4) is 17.2 Å². The molecular formula is C96H78N8. The molecule has 8 heteroatoms. The van der Waals surface area contributed by atoms with Gasteiger partial charge in [0.25, 0.3) is 0 Å². The Labute approximate surface area is 608 Å². The SMILES string of the molecule is C=Cc1c(/C=C\C)n(CN=C(c2ccccc2)c2ccccc2N=C)c2ccc(/C(=C/C)c3ccccc3C(=CNc3ccccc3)c3cccc(C(/C(=C\C)N(C)c4ccccc4)=c4\cccc\c4=C/c4ccc5c(c4)c4ccccc4n5-c4nc(-c5ccccc5)c5ccccc5n4)c3C)cc12. The highest BCUT2D eigenvalue weighted by atomic mass is 15.2. The van der Waals surface area contributed by atoms with Crippen molar-refractivity contribution in [3.63, 3.8) is 0 Å². The zero-order valence-corrected chi connectivity index (χ0v) is 59.1. The van der Waals surface area contributed by atoms with Crippen molar-refractivity contribution in [2.24, 2.45) is 9.98 Å². The van der Waals surface area contributed by atoms with Gasteiger partial charge >= 0.3 is 0 Å². The van der Waals surface area contributed by atoms with Gasteiger partial charge in [0.05, 0.1) is 44.9 Å². The lowest BCUT2D eigenvalue weighted by Gasteiger charge is -2.27. The van der Waals surface area contributed by atoms with Crippen LogP contribution in [0.25, 0.3) is 95.8 Å². The fourth-order valence-electron chi connectivity index (χ4n) is 14.8. The highest BCUT2D eigenvalue weighted by molar-refractivity contribution is 6.16. The average molecular weight is 1340 g/mol. The molecule has 1 N–H and O–H groups in total. The Bertz CT molecular complexity index is 6070. The number of nitrogens with one attached hydrogen (secondary N) is 1. The number of aliphatic imine (C=N–C) groups is 2. The topological polar surface area (TPSA) is 75.6 Å². The maximum absolute atomic E-state index is 5.43. The van der Waals surface area contributed by atoms with Crippen LogP contribution in [0.5, 0.6) is 0 Å². The monoisotopic (exact) mass is 1340 g/mol. The lowest BCUT2D eigenvalue weighted by atomic mass is 9.84. The van der Waals surface area contributed by atoms with Crippen molar-refractivity contribution in [1.82, 2.24) is 19.1 Å². The summed E-state index contributed by atoms with van der Waals surface area (Å²) in [5, 5.41) is 10.3. The van der Waals surface area contributed by atoms with Gasteiger partial charge < -0.3 is 14.8 Å². The van der Waals surface area contributed by atoms with E-state index in [1.165, 1.54) is 0 Å². The molecule has 0 atom stereocenters. The van der Waals surface area contributed by atoms with Gasteiger partial charge in [0.2, 0.25) is 5.95 Å². The van der Waals surface area contributed by atoms with Crippen LogP contribution < -0.4 is 20.7 Å². The van der Waals surface area contributed by atoms with Crippen molar-refractivity contribution in [2.75, 3.05) is 17.3 Å². The second-order valence-corrected chi connectivity index (χ2v) is 25.7. The molecule has 15 aromatic rings. The minimum atomic E-state index is 0.352. The highest BCUT2D eigenvalue weighted by Crippen LogP contribution is 2.41. The van der Waals surface area contributed by atoms with E-state index in [9.17, 15) is 0 Å². The number of hydrogen-bond acceptors (Lipinski definition) is 6. The van der Waals surface area contributed by atoms with Gasteiger partial charge in [0, 0.05) is 85.3 Å². The minimum absolute atomic E-state index is 0.352. The average Bonchev–Trinajstić information content (AvgIpc) is 1.55. The predicted molar refractivity (Wildman–Crippen MR) is 442 cm³/mol. The van der Waals surface area contributed by atoms with Crippen molar-refractivity contribution in [1.29, 1.82) is 0 Å². The number of para-hydroxylation sites is 5. The van der Waals surface area contributed by atoms with Crippen molar-refractivity contribution >= 4 is 108 Å². The van der Waals surface area contributed by atoms with Gasteiger partial charge in [-0.3, -0.25) is 14.6 Å². The number of nitrogens with zero attached hydrogens (tertiary/aromatic N) is 7. The first-order chi connectivity index (χ1) is 51.2. The smallest absolute Gasteiger partial charge is 0.235 e. The van der Waals surface area contributed by atoms with E-state index in [4.69, 9.17) is 15.0 Å². The Morgan fingerprint density at radius 2 is 1.15 bits per heavy atom. The molecule has 3 aromatic heterocycles. The molecule has 0 aliphatic heterocycles. The van der Waals surface area contributed by atoms with Crippen LogP contribution in [0, 0.1) is 6.92 Å². The Morgan fingerprint density at radius 3 is 1.89 bits per heavy atom. The molecule has 0 saturated heterocycles. The van der Waals surface area contributed by atoms with E-state index < -0.39 is 0 Å². The second kappa shape index (κ2) is 29.9. The Balaban J connectivity index is 0.882. The van der Waals surface area contributed by atoms with Crippen molar-refractivity contribution in [3.05, 3.63) is 406 Å². The van der Waals surface area contributed by atoms with Crippen LogP contribution in [0.15, 0.2) is 344 Å². The Morgan fingerprint density at radius 1 is 0.529 bits per heavy atom. The van der Waals surface area contributed by atoms with E-state index in [1.54, 1.807) is 0 Å². The van der Waals surface area contributed by atoms with E-state index in [0.717, 1.165) is 172 Å². The van der Waals surface area contributed by atoms with Crippen LogP contribution in [0.3, 0.4) is 0 Å². The maximum atomic E-state index is 5.43. The highest BCUT2D eigenvalue weighted by Gasteiger charge is 2.25. The maximum Gasteiger partial charge on any atom is 0.235 e. The number of anilines is 2. The molecule has 0 aliphatic rings. The molecule has 0 bridgehead atoms. The van der Waals surface area contributed by atoms with Gasteiger partial charge in [0.15, 0.2) is 0 Å². The standard InChI is InChI=1S/C96H78N8/c1-8-35-89-74(10-3)84-62-70(57-59-90(84)103(89)64-99-94(67-36-16-12-17-37-67)81-49-28-31-53-86(81)97-6)73(9-2)78-46-26-27-47-79(78)85(63-98-71-41-20-14-21-42-71)75-51-34-52-76(65(75)5)93(88(11-4)102(7)72-43-22-15-23-44-72)77-45-25-24-40-69(77)60-66-56-58-92-83(61-66)80-48-30-33-55-91(80)104(92)96-100-87-54-32-29-50-82(87)95(101-96)68-38-18-13-19-39-68/h8-63,98H,3,6,64H2,1-2,4-5,7H3/b35-8-,69-60+,73-9-,85-63?,88-11+,93-77-,99-94?. The molecular weight excluding hydrogens is 1270 g/mol. The zero-order valence-electron chi connectivity index (χ0n) is 59.1. The number of allylic oxidation sites excluding steroid dienone is 4. The fourth-order valence-corrected chi connectivity index (χ4v) is 14.8. The van der Waals surface area contributed by atoms with Gasteiger partial charge in [-0.15, -0.1) is 0 Å². The van der Waals surface area contributed by atoms with E-state index in [-0.39, 0.29) is 0 Å². The predicted octanol–water partition coefficient (Wildman–Crippen LogP) is 22.2. The molecule has 104 heavy (non-hydrogen) atoms. The number of hydrogen-bond donors (Lipinski definition) is 1. The number of likely N-dealkylation sites (N-methyl/N-ethyl adjacent to an activating group) is 1. The third-order valence-corrected chi connectivity index (χ3v) is 19.7. The van der Waals surface area contributed by atoms with E-state index >= 15 is 0 Å². The summed E-state index contributed by atoms with van der Waals surface area (Å²) in [5.74, 6) is 0.626. The minimum Gasteiger partial charge on any atom is -0.361 e. The summed E-state index contributed by atoms with van der Waals surface area (Å²) in [6.45, 7) is 17.3. The summed E-state index contributed by atoms with van der Waals surface area (Å²) in [5.41, 5.74) is 25.5. The molecule has 0 unspecified atom stereocenters. The molecule has 3 heterocycles. The third-order valence-electron chi connectivity index (χ3n) is 19.7. The van der Waals surface area contributed by atoms with Crippen LogP contribution in [0.1, 0.15) is 82.1 Å². The molecule has 8 nitrogen and oxygen atoms in total. The molecule has 0 spiro atoms. The summed E-state index contributed by atoms with van der Waals surface area (Å²) in [6, 6.07) is 105. The van der Waals surface area contributed by atoms with Gasteiger partial charge in [-0.1, -0.05) is 261 Å². The summed E-state index contributed by atoms with van der Waals surface area (Å²) >= 11 is 0.